The van der Waals surface area contributed by atoms with Gasteiger partial charge in [-0.2, -0.15) is 0 Å². The maximum Gasteiger partial charge on any atom is 0.356 e. The van der Waals surface area contributed by atoms with E-state index in [-0.39, 0.29) is 21.8 Å². The van der Waals surface area contributed by atoms with E-state index < -0.39 is 18.1 Å². The Hall–Kier alpha value is -0.750. The normalized spacial score (nSPS) is 10.6. The predicted molar refractivity (Wildman–Crippen MR) is 57.9 cm³/mol. The second kappa shape index (κ2) is 5.54. The van der Waals surface area contributed by atoms with Crippen molar-refractivity contribution in [1.82, 2.24) is 4.98 Å². The fraction of sp³-hybridized carbons (Fsp3) is 0.333. The summed E-state index contributed by atoms with van der Waals surface area (Å²) in [7, 11) is 0. The molecular weight excluding hydrogens is 307 g/mol. The topological polar surface area (TPSA) is 39.2 Å². The van der Waals surface area contributed by atoms with Crippen LogP contribution in [0, 0.1) is 0 Å². The van der Waals surface area contributed by atoms with Crippen molar-refractivity contribution in [3.63, 3.8) is 0 Å². The number of ether oxygens (including phenoxy) is 1. The first-order valence-electron chi connectivity index (χ1n) is 4.28. The van der Waals surface area contributed by atoms with E-state index in [0.717, 1.165) is 0 Å². The molecule has 0 aliphatic heterocycles. The van der Waals surface area contributed by atoms with Crippen molar-refractivity contribution in [3.05, 3.63) is 26.9 Å². The summed E-state index contributed by atoms with van der Waals surface area (Å²) < 4.78 is 29.7. The van der Waals surface area contributed by atoms with Crippen molar-refractivity contribution >= 4 is 33.5 Å². The van der Waals surface area contributed by atoms with Gasteiger partial charge in [-0.3, -0.25) is 0 Å². The van der Waals surface area contributed by atoms with E-state index in [1.54, 1.807) is 6.92 Å². The summed E-state index contributed by atoms with van der Waals surface area (Å²) >= 11 is 8.56. The average Bonchev–Trinajstić information content (AvgIpc) is 2.21. The second-order valence-electron chi connectivity index (χ2n) is 2.71. The third-order valence-electron chi connectivity index (χ3n) is 1.63. The fourth-order valence-corrected chi connectivity index (χ4v) is 1.55. The number of esters is 1. The van der Waals surface area contributed by atoms with Crippen molar-refractivity contribution in [2.45, 2.75) is 13.3 Å². The van der Waals surface area contributed by atoms with Crippen molar-refractivity contribution in [3.8, 4) is 0 Å². The molecule has 0 radical (unpaired) electrons. The Balaban J connectivity index is 3.18. The van der Waals surface area contributed by atoms with Crippen molar-refractivity contribution in [2.24, 2.45) is 0 Å². The van der Waals surface area contributed by atoms with Gasteiger partial charge in [-0.1, -0.05) is 11.6 Å². The molecule has 0 aliphatic rings. The lowest BCUT2D eigenvalue weighted by Gasteiger charge is -2.07. The molecule has 0 N–H and O–H groups in total. The minimum Gasteiger partial charge on any atom is -0.461 e. The highest BCUT2D eigenvalue weighted by atomic mass is 79.9. The molecule has 16 heavy (non-hydrogen) atoms. The molecule has 1 aromatic rings. The number of nitrogens with zero attached hydrogens (tertiary/aromatic N) is 1. The van der Waals surface area contributed by atoms with Crippen LogP contribution in [0.2, 0.25) is 5.02 Å². The van der Waals surface area contributed by atoms with Crippen LogP contribution < -0.4 is 0 Å². The Morgan fingerprint density at radius 2 is 2.31 bits per heavy atom. The summed E-state index contributed by atoms with van der Waals surface area (Å²) in [6, 6.07) is 1.18. The van der Waals surface area contributed by atoms with Crippen LogP contribution in [0.5, 0.6) is 0 Å². The van der Waals surface area contributed by atoms with E-state index in [0.29, 0.717) is 0 Å². The summed E-state index contributed by atoms with van der Waals surface area (Å²) in [5.41, 5.74) is -0.805. The highest BCUT2D eigenvalue weighted by Gasteiger charge is 2.20. The predicted octanol–water partition coefficient (Wildman–Crippen LogP) is 3.61. The zero-order valence-corrected chi connectivity index (χ0v) is 10.5. The quantitative estimate of drug-likeness (QED) is 0.800. The zero-order chi connectivity index (χ0) is 12.3. The molecule has 0 saturated heterocycles. The number of alkyl halides is 2. The molecule has 0 aliphatic carbocycles. The molecule has 7 heteroatoms. The van der Waals surface area contributed by atoms with Crippen LogP contribution in [0.15, 0.2) is 10.5 Å². The smallest absolute Gasteiger partial charge is 0.356 e. The number of pyridine rings is 1. The molecular formula is C9H7BrClF2NO2. The minimum atomic E-state index is -2.82. The van der Waals surface area contributed by atoms with Gasteiger partial charge in [0.15, 0.2) is 0 Å². The standard InChI is InChI=1S/C9H7BrClF2NO2/c1-2-16-9(15)5-3-4(11)6(10)7(14-5)8(12)13/h3,8H,2H2,1H3. The first-order chi connectivity index (χ1) is 7.47. The Morgan fingerprint density at radius 3 is 2.81 bits per heavy atom. The molecule has 3 nitrogen and oxygen atoms in total. The largest absolute Gasteiger partial charge is 0.461 e. The Labute approximate surface area is 104 Å². The summed E-state index contributed by atoms with van der Waals surface area (Å²) in [5.74, 6) is -0.779. The molecule has 0 aromatic carbocycles. The third-order valence-corrected chi connectivity index (χ3v) is 2.99. The van der Waals surface area contributed by atoms with Gasteiger partial charge < -0.3 is 4.74 Å². The van der Waals surface area contributed by atoms with Gasteiger partial charge in [0.05, 0.1) is 16.1 Å². The molecule has 0 bridgehead atoms. The lowest BCUT2D eigenvalue weighted by Crippen LogP contribution is -2.09. The van der Waals surface area contributed by atoms with Crippen LogP contribution in [0.25, 0.3) is 0 Å². The van der Waals surface area contributed by atoms with Gasteiger partial charge in [-0.05, 0) is 28.9 Å². The SMILES string of the molecule is CCOC(=O)c1cc(Cl)c(Br)c(C(F)F)n1. The number of carbonyl (C=O) groups is 1. The first kappa shape index (κ1) is 13.3. The van der Waals surface area contributed by atoms with E-state index in [1.165, 1.54) is 6.07 Å². The van der Waals surface area contributed by atoms with Crippen LogP contribution >= 0.6 is 27.5 Å². The summed E-state index contributed by atoms with van der Waals surface area (Å²) in [5, 5.41) is -0.00615. The minimum absolute atomic E-state index is 0.00615. The zero-order valence-electron chi connectivity index (χ0n) is 8.14. The molecule has 0 fully saturated rings. The van der Waals surface area contributed by atoms with Crippen LogP contribution in [-0.2, 0) is 4.74 Å². The summed E-state index contributed by atoms with van der Waals surface area (Å²) in [6.07, 6.45) is -2.82. The van der Waals surface area contributed by atoms with E-state index in [1.807, 2.05) is 0 Å². The van der Waals surface area contributed by atoms with Crippen LogP contribution in [0.3, 0.4) is 0 Å². The summed E-state index contributed by atoms with van der Waals surface area (Å²) in [6.45, 7) is 1.74. The molecule has 1 heterocycles. The highest BCUT2D eigenvalue weighted by Crippen LogP contribution is 2.32. The van der Waals surface area contributed by atoms with Gasteiger partial charge in [-0.25, -0.2) is 18.6 Å². The van der Waals surface area contributed by atoms with Crippen LogP contribution in [0.4, 0.5) is 8.78 Å². The molecule has 0 amide bonds. The lowest BCUT2D eigenvalue weighted by molar-refractivity contribution is 0.0518. The second-order valence-corrected chi connectivity index (χ2v) is 3.91. The number of rotatable bonds is 3. The Kier molecular flexibility index (Phi) is 4.61. The molecule has 0 atom stereocenters. The van der Waals surface area contributed by atoms with Gasteiger partial charge in [0.2, 0.25) is 0 Å². The van der Waals surface area contributed by atoms with Crippen molar-refractivity contribution in [1.29, 1.82) is 0 Å². The Bertz CT molecular complexity index is 415. The van der Waals surface area contributed by atoms with Gasteiger partial charge >= 0.3 is 5.97 Å². The fourth-order valence-electron chi connectivity index (χ4n) is 0.971. The number of halogens is 4. The van der Waals surface area contributed by atoms with Gasteiger partial charge in [0.25, 0.3) is 6.43 Å². The molecule has 88 valence electrons. The molecule has 0 saturated carbocycles. The van der Waals surface area contributed by atoms with E-state index in [2.05, 4.69) is 25.7 Å². The molecule has 0 unspecified atom stereocenters. The van der Waals surface area contributed by atoms with E-state index >= 15 is 0 Å². The Morgan fingerprint density at radius 1 is 1.69 bits per heavy atom. The lowest BCUT2D eigenvalue weighted by atomic mass is 10.3. The van der Waals surface area contributed by atoms with Crippen molar-refractivity contribution < 1.29 is 18.3 Å². The number of carbonyl (C=O) groups excluding carboxylic acids is 1. The third kappa shape index (κ3) is 2.89. The maximum absolute atomic E-state index is 12.5. The van der Waals surface area contributed by atoms with Gasteiger partial charge in [0, 0.05) is 0 Å². The first-order valence-corrected chi connectivity index (χ1v) is 5.45. The van der Waals surface area contributed by atoms with Crippen LogP contribution in [0.1, 0.15) is 29.5 Å². The monoisotopic (exact) mass is 313 g/mol. The maximum atomic E-state index is 12.5. The van der Waals surface area contributed by atoms with Crippen molar-refractivity contribution in [2.75, 3.05) is 6.61 Å². The van der Waals surface area contributed by atoms with Gasteiger partial charge in [0.1, 0.15) is 11.4 Å². The average molecular weight is 315 g/mol. The number of hydrogen-bond acceptors (Lipinski definition) is 3. The molecule has 1 aromatic heterocycles. The molecule has 0 spiro atoms. The van der Waals surface area contributed by atoms with Crippen LogP contribution in [-0.4, -0.2) is 17.6 Å². The van der Waals surface area contributed by atoms with Gasteiger partial charge in [-0.15, -0.1) is 0 Å². The molecule has 1 rings (SSSR count). The van der Waals surface area contributed by atoms with E-state index in [4.69, 9.17) is 11.6 Å². The summed E-state index contributed by atoms with van der Waals surface area (Å²) in [4.78, 5) is 14.8. The highest BCUT2D eigenvalue weighted by molar-refractivity contribution is 9.10. The number of aromatic nitrogens is 1. The number of hydrogen-bond donors (Lipinski definition) is 0. The van der Waals surface area contributed by atoms with E-state index in [9.17, 15) is 13.6 Å².